The molecule has 4 nitrogen and oxygen atoms in total. The van der Waals surface area contributed by atoms with Crippen molar-refractivity contribution in [3.8, 4) is 10.4 Å². The van der Waals surface area contributed by atoms with Crippen LogP contribution in [0.4, 0.5) is 11.5 Å². The Balaban J connectivity index is 1.56. The molecule has 3 aromatic heterocycles. The summed E-state index contributed by atoms with van der Waals surface area (Å²) in [6.07, 6.45) is 1.61. The van der Waals surface area contributed by atoms with Gasteiger partial charge in [-0.2, -0.15) is 0 Å². The summed E-state index contributed by atoms with van der Waals surface area (Å²) in [5, 5.41) is 4.53. The van der Waals surface area contributed by atoms with Crippen molar-refractivity contribution in [1.82, 2.24) is 15.0 Å². The number of benzene rings is 2. The van der Waals surface area contributed by atoms with Crippen LogP contribution >= 0.6 is 22.7 Å². The van der Waals surface area contributed by atoms with Crippen molar-refractivity contribution >= 4 is 54.6 Å². The minimum absolute atomic E-state index is 0.836. The zero-order valence-electron chi connectivity index (χ0n) is 13.9. The number of rotatable bonds is 3. The van der Waals surface area contributed by atoms with Gasteiger partial charge >= 0.3 is 0 Å². The predicted molar refractivity (Wildman–Crippen MR) is 110 cm³/mol. The Labute approximate surface area is 158 Å². The second kappa shape index (κ2) is 6.16. The molecule has 0 spiro atoms. The van der Waals surface area contributed by atoms with Crippen LogP contribution in [0, 0.1) is 6.92 Å². The first-order chi connectivity index (χ1) is 12.8. The molecule has 1 N–H and O–H groups in total. The van der Waals surface area contributed by atoms with Gasteiger partial charge in [-0.05, 0) is 36.8 Å². The fraction of sp³-hybridized carbons (Fsp3) is 0.0500. The van der Waals surface area contributed by atoms with Crippen molar-refractivity contribution in [2.75, 3.05) is 5.32 Å². The highest BCUT2D eigenvalue weighted by Gasteiger charge is 2.11. The van der Waals surface area contributed by atoms with Crippen LogP contribution in [0.5, 0.6) is 0 Å². The van der Waals surface area contributed by atoms with Crippen LogP contribution in [0.3, 0.4) is 0 Å². The lowest BCUT2D eigenvalue weighted by atomic mass is 10.2. The van der Waals surface area contributed by atoms with Crippen LogP contribution in [0.15, 0.2) is 60.9 Å². The van der Waals surface area contributed by atoms with Crippen LogP contribution in [0.25, 0.3) is 30.9 Å². The molecule has 0 fully saturated rings. The zero-order valence-corrected chi connectivity index (χ0v) is 15.6. The molecule has 0 bridgehead atoms. The van der Waals surface area contributed by atoms with Gasteiger partial charge in [0.05, 0.1) is 25.4 Å². The van der Waals surface area contributed by atoms with E-state index >= 15 is 0 Å². The standard InChI is InChI=1S/C20H14N4S2/c1-12-23-15-8-7-14(9-18(15)25-12)24-20-19-16(21-11-22-20)10-17(26-19)13-5-3-2-4-6-13/h2-11H,1H3,(H,21,22,24). The number of nitrogens with zero attached hydrogens (tertiary/aromatic N) is 3. The van der Waals surface area contributed by atoms with E-state index in [1.807, 2.05) is 25.1 Å². The van der Waals surface area contributed by atoms with E-state index in [-0.39, 0.29) is 0 Å². The molecule has 6 heteroatoms. The summed E-state index contributed by atoms with van der Waals surface area (Å²) in [4.78, 5) is 14.6. The Morgan fingerprint density at radius 3 is 2.65 bits per heavy atom. The van der Waals surface area contributed by atoms with Crippen LogP contribution in [0.2, 0.25) is 0 Å². The first-order valence-corrected chi connectivity index (χ1v) is 9.84. The second-order valence-corrected chi connectivity index (χ2v) is 8.24. The number of aryl methyl sites for hydroxylation is 1. The predicted octanol–water partition coefficient (Wildman–Crippen LogP) is 6.02. The van der Waals surface area contributed by atoms with Crippen molar-refractivity contribution < 1.29 is 0 Å². The monoisotopic (exact) mass is 374 g/mol. The third-order valence-electron chi connectivity index (χ3n) is 4.13. The Morgan fingerprint density at radius 1 is 0.885 bits per heavy atom. The second-order valence-electron chi connectivity index (χ2n) is 5.95. The number of hydrogen-bond donors (Lipinski definition) is 1. The fourth-order valence-electron chi connectivity index (χ4n) is 2.94. The van der Waals surface area contributed by atoms with Gasteiger partial charge in [0.2, 0.25) is 0 Å². The summed E-state index contributed by atoms with van der Waals surface area (Å²) < 4.78 is 2.24. The van der Waals surface area contributed by atoms with Gasteiger partial charge in [0.25, 0.3) is 0 Å². The molecule has 2 aromatic carbocycles. The molecule has 0 atom stereocenters. The third-order valence-corrected chi connectivity index (χ3v) is 6.24. The summed E-state index contributed by atoms with van der Waals surface area (Å²) >= 11 is 3.41. The Kier molecular flexibility index (Phi) is 3.65. The molecule has 5 rings (SSSR count). The van der Waals surface area contributed by atoms with E-state index in [1.54, 1.807) is 29.0 Å². The molecule has 0 aliphatic rings. The summed E-state index contributed by atoms with van der Waals surface area (Å²) in [5.41, 5.74) is 4.20. The molecule has 126 valence electrons. The Morgan fingerprint density at radius 2 is 1.77 bits per heavy atom. The first-order valence-electron chi connectivity index (χ1n) is 8.20. The molecule has 0 amide bonds. The number of thiophene rings is 1. The van der Waals surface area contributed by atoms with Crippen molar-refractivity contribution in [2.45, 2.75) is 6.92 Å². The molecular formula is C20H14N4S2. The lowest BCUT2D eigenvalue weighted by Gasteiger charge is -2.05. The Bertz CT molecular complexity index is 1220. The Hall–Kier alpha value is -2.83. The molecule has 26 heavy (non-hydrogen) atoms. The van der Waals surface area contributed by atoms with Crippen LogP contribution in [0.1, 0.15) is 5.01 Å². The van der Waals surface area contributed by atoms with Gasteiger partial charge in [-0.15, -0.1) is 22.7 Å². The van der Waals surface area contributed by atoms with E-state index in [9.17, 15) is 0 Å². The van der Waals surface area contributed by atoms with Crippen molar-refractivity contribution in [3.63, 3.8) is 0 Å². The van der Waals surface area contributed by atoms with Crippen molar-refractivity contribution in [3.05, 3.63) is 65.9 Å². The molecule has 0 aliphatic carbocycles. The fourth-order valence-corrected chi connectivity index (χ4v) is 4.87. The van der Waals surface area contributed by atoms with Gasteiger partial charge < -0.3 is 5.32 Å². The normalized spacial score (nSPS) is 11.3. The summed E-state index contributed by atoms with van der Waals surface area (Å²) in [6, 6.07) is 18.7. The summed E-state index contributed by atoms with van der Waals surface area (Å²) in [7, 11) is 0. The van der Waals surface area contributed by atoms with Gasteiger partial charge in [0, 0.05) is 10.6 Å². The van der Waals surface area contributed by atoms with Gasteiger partial charge in [0.1, 0.15) is 6.33 Å². The first kappa shape index (κ1) is 15.4. The number of fused-ring (bicyclic) bond motifs is 2. The number of nitrogens with one attached hydrogen (secondary N) is 1. The molecule has 3 heterocycles. The molecule has 0 unspecified atom stereocenters. The van der Waals surface area contributed by atoms with Gasteiger partial charge in [-0.25, -0.2) is 15.0 Å². The maximum absolute atomic E-state index is 4.52. The number of anilines is 2. The molecular weight excluding hydrogens is 360 g/mol. The van der Waals surface area contributed by atoms with Crippen molar-refractivity contribution in [1.29, 1.82) is 0 Å². The average Bonchev–Trinajstić information content (AvgIpc) is 3.25. The van der Waals surface area contributed by atoms with Gasteiger partial charge in [0.15, 0.2) is 5.82 Å². The average molecular weight is 374 g/mol. The molecule has 0 aliphatic heterocycles. The van der Waals surface area contributed by atoms with Crippen LogP contribution in [-0.4, -0.2) is 15.0 Å². The lowest BCUT2D eigenvalue weighted by Crippen LogP contribution is -1.93. The topological polar surface area (TPSA) is 50.7 Å². The highest BCUT2D eigenvalue weighted by molar-refractivity contribution is 7.22. The minimum atomic E-state index is 0.836. The number of hydrogen-bond acceptors (Lipinski definition) is 6. The summed E-state index contributed by atoms with van der Waals surface area (Å²) in [6.45, 7) is 2.03. The minimum Gasteiger partial charge on any atom is -0.339 e. The van der Waals surface area contributed by atoms with E-state index in [1.165, 1.54) is 15.1 Å². The van der Waals surface area contributed by atoms with Crippen molar-refractivity contribution in [2.24, 2.45) is 0 Å². The lowest BCUT2D eigenvalue weighted by molar-refractivity contribution is 1.23. The molecule has 0 radical (unpaired) electrons. The SMILES string of the molecule is Cc1nc2ccc(Nc3ncnc4cc(-c5ccccc5)sc34)cc2s1. The quantitative estimate of drug-likeness (QED) is 0.419. The largest absolute Gasteiger partial charge is 0.339 e. The maximum atomic E-state index is 4.52. The van der Waals surface area contributed by atoms with E-state index in [0.29, 0.717) is 0 Å². The van der Waals surface area contributed by atoms with E-state index in [0.717, 1.165) is 32.2 Å². The highest BCUT2D eigenvalue weighted by atomic mass is 32.1. The van der Waals surface area contributed by atoms with Crippen LogP contribution < -0.4 is 5.32 Å². The molecule has 5 aromatic rings. The number of aromatic nitrogens is 3. The smallest absolute Gasteiger partial charge is 0.151 e. The van der Waals surface area contributed by atoms with Gasteiger partial charge in [-0.3, -0.25) is 0 Å². The summed E-state index contributed by atoms with van der Waals surface area (Å²) in [5.74, 6) is 0.836. The number of thiazole rings is 1. The van der Waals surface area contributed by atoms with E-state index < -0.39 is 0 Å². The van der Waals surface area contributed by atoms with E-state index in [2.05, 4.69) is 56.7 Å². The third kappa shape index (κ3) is 2.73. The highest BCUT2D eigenvalue weighted by Crippen LogP contribution is 2.36. The zero-order chi connectivity index (χ0) is 17.5. The van der Waals surface area contributed by atoms with Crippen LogP contribution in [-0.2, 0) is 0 Å². The maximum Gasteiger partial charge on any atom is 0.151 e. The molecule has 0 saturated carbocycles. The molecule has 0 saturated heterocycles. The van der Waals surface area contributed by atoms with Gasteiger partial charge in [-0.1, -0.05) is 30.3 Å². The van der Waals surface area contributed by atoms with E-state index in [4.69, 9.17) is 0 Å².